The average molecular weight is 416 g/mol. The molecule has 0 aliphatic carbocycles. The molecule has 1 amide bonds. The normalized spacial score (nSPS) is 13.8. The average Bonchev–Trinajstić information content (AvgIpc) is 3.08. The topological polar surface area (TPSA) is 75.9 Å². The van der Waals surface area contributed by atoms with Gasteiger partial charge < -0.3 is 14.8 Å². The van der Waals surface area contributed by atoms with Crippen molar-refractivity contribution < 1.29 is 18.0 Å². The van der Waals surface area contributed by atoms with Crippen LogP contribution in [-0.2, 0) is 32.7 Å². The Morgan fingerprint density at radius 2 is 2.07 bits per heavy atom. The number of carbonyl (C=O) groups is 1. The van der Waals surface area contributed by atoms with Crippen molar-refractivity contribution in [2.75, 3.05) is 11.4 Å². The number of hydrogen-bond donors (Lipinski definition) is 1. The second-order valence-corrected chi connectivity index (χ2v) is 7.01. The number of fused-ring (bicyclic) bond motifs is 1. The fourth-order valence-corrected chi connectivity index (χ4v) is 3.43. The molecule has 3 aromatic rings. The monoisotopic (exact) mass is 416 g/mol. The summed E-state index contributed by atoms with van der Waals surface area (Å²) in [7, 11) is 1.79. The van der Waals surface area contributed by atoms with Gasteiger partial charge in [-0.15, -0.1) is 0 Å². The molecule has 4 rings (SSSR count). The summed E-state index contributed by atoms with van der Waals surface area (Å²) in [6.07, 6.45) is 0.367. The van der Waals surface area contributed by atoms with E-state index in [4.69, 9.17) is 0 Å². The lowest BCUT2D eigenvalue weighted by atomic mass is 10.1. The molecule has 10 heteroatoms. The maximum Gasteiger partial charge on any atom is 0.417 e. The summed E-state index contributed by atoms with van der Waals surface area (Å²) in [5, 5.41) is 2.83. The van der Waals surface area contributed by atoms with Crippen molar-refractivity contribution in [3.05, 3.63) is 71.2 Å². The molecule has 3 aromatic heterocycles. The van der Waals surface area contributed by atoms with Crippen LogP contribution in [0.1, 0.15) is 33.1 Å². The van der Waals surface area contributed by atoms with Gasteiger partial charge >= 0.3 is 6.18 Å². The van der Waals surface area contributed by atoms with E-state index in [1.807, 2.05) is 11.0 Å². The van der Waals surface area contributed by atoms with E-state index in [1.54, 1.807) is 30.1 Å². The summed E-state index contributed by atoms with van der Waals surface area (Å²) >= 11 is 0. The highest BCUT2D eigenvalue weighted by Gasteiger charge is 2.31. The van der Waals surface area contributed by atoms with Crippen LogP contribution in [0, 0.1) is 0 Å². The molecule has 0 saturated heterocycles. The van der Waals surface area contributed by atoms with Gasteiger partial charge in [-0.1, -0.05) is 6.07 Å². The third-order valence-corrected chi connectivity index (χ3v) is 5.03. The van der Waals surface area contributed by atoms with Crippen molar-refractivity contribution in [2.24, 2.45) is 7.05 Å². The Hall–Kier alpha value is -3.43. The van der Waals surface area contributed by atoms with Crippen LogP contribution in [-0.4, -0.2) is 32.0 Å². The van der Waals surface area contributed by atoms with Gasteiger partial charge in [0.15, 0.2) is 5.82 Å². The zero-order valence-corrected chi connectivity index (χ0v) is 16.1. The maximum atomic E-state index is 12.7. The molecule has 1 aliphatic rings. The van der Waals surface area contributed by atoms with Crippen molar-refractivity contribution in [3.63, 3.8) is 0 Å². The van der Waals surface area contributed by atoms with Crippen molar-refractivity contribution in [1.29, 1.82) is 0 Å². The van der Waals surface area contributed by atoms with Gasteiger partial charge in [-0.3, -0.25) is 9.78 Å². The number of anilines is 1. The van der Waals surface area contributed by atoms with Crippen molar-refractivity contribution in [2.45, 2.75) is 25.7 Å². The Morgan fingerprint density at radius 3 is 2.73 bits per heavy atom. The SMILES string of the molecule is Cn1c(C(=O)NCc2cccnc2)nc2c1CCN(c1ccc(C(F)(F)F)cn1)C2. The number of amides is 1. The van der Waals surface area contributed by atoms with E-state index in [0.717, 1.165) is 29.2 Å². The van der Waals surface area contributed by atoms with Crippen molar-refractivity contribution in [3.8, 4) is 0 Å². The molecule has 0 bridgehead atoms. The predicted molar refractivity (Wildman–Crippen MR) is 103 cm³/mol. The molecular formula is C20H19F3N6O. The minimum Gasteiger partial charge on any atom is -0.350 e. The summed E-state index contributed by atoms with van der Waals surface area (Å²) in [5.74, 6) is 0.447. The molecule has 30 heavy (non-hydrogen) atoms. The van der Waals surface area contributed by atoms with Gasteiger partial charge in [-0.25, -0.2) is 9.97 Å². The molecular weight excluding hydrogens is 397 g/mol. The molecule has 0 saturated carbocycles. The van der Waals surface area contributed by atoms with Gasteiger partial charge in [-0.2, -0.15) is 13.2 Å². The molecule has 0 radical (unpaired) electrons. The predicted octanol–water partition coefficient (Wildman–Crippen LogP) is 2.72. The second-order valence-electron chi connectivity index (χ2n) is 7.01. The van der Waals surface area contributed by atoms with Crippen LogP contribution in [0.25, 0.3) is 0 Å². The quantitative estimate of drug-likeness (QED) is 0.708. The number of pyridine rings is 2. The zero-order valence-electron chi connectivity index (χ0n) is 16.1. The van der Waals surface area contributed by atoms with Crippen LogP contribution in [0.5, 0.6) is 0 Å². The molecule has 0 atom stereocenters. The Bertz CT molecular complexity index is 1050. The van der Waals surface area contributed by atoms with Gasteiger partial charge in [-0.05, 0) is 23.8 Å². The zero-order chi connectivity index (χ0) is 21.3. The van der Waals surface area contributed by atoms with Crippen LogP contribution in [0.3, 0.4) is 0 Å². The Balaban J connectivity index is 1.47. The number of alkyl halides is 3. The lowest BCUT2D eigenvalue weighted by Crippen LogP contribution is -2.31. The van der Waals surface area contributed by atoms with Crippen LogP contribution < -0.4 is 10.2 Å². The highest BCUT2D eigenvalue weighted by Crippen LogP contribution is 2.30. The van der Waals surface area contributed by atoms with Gasteiger partial charge in [0.1, 0.15) is 5.82 Å². The van der Waals surface area contributed by atoms with Crippen LogP contribution in [0.2, 0.25) is 0 Å². The summed E-state index contributed by atoms with van der Waals surface area (Å²) in [4.78, 5) is 26.9. The van der Waals surface area contributed by atoms with E-state index in [1.165, 1.54) is 6.07 Å². The maximum absolute atomic E-state index is 12.7. The number of hydrogen-bond acceptors (Lipinski definition) is 5. The van der Waals surface area contributed by atoms with E-state index in [2.05, 4.69) is 20.3 Å². The largest absolute Gasteiger partial charge is 0.417 e. The number of carbonyl (C=O) groups excluding carboxylic acids is 1. The molecule has 0 spiro atoms. The molecule has 1 aliphatic heterocycles. The number of nitrogens with one attached hydrogen (secondary N) is 1. The second kappa shape index (κ2) is 7.77. The van der Waals surface area contributed by atoms with Gasteiger partial charge in [0.05, 0.1) is 17.8 Å². The van der Waals surface area contributed by atoms with Gasteiger partial charge in [0.25, 0.3) is 5.91 Å². The minimum absolute atomic E-state index is 0.296. The number of nitrogens with zero attached hydrogens (tertiary/aromatic N) is 5. The highest BCUT2D eigenvalue weighted by atomic mass is 19.4. The Kier molecular flexibility index (Phi) is 5.15. The lowest BCUT2D eigenvalue weighted by Gasteiger charge is -2.27. The van der Waals surface area contributed by atoms with E-state index in [9.17, 15) is 18.0 Å². The van der Waals surface area contributed by atoms with Crippen LogP contribution in [0.4, 0.5) is 19.0 Å². The first-order valence-electron chi connectivity index (χ1n) is 9.32. The van der Waals surface area contributed by atoms with Crippen molar-refractivity contribution in [1.82, 2.24) is 24.8 Å². The van der Waals surface area contributed by atoms with Gasteiger partial charge in [0.2, 0.25) is 0 Å². The molecule has 7 nitrogen and oxygen atoms in total. The molecule has 1 N–H and O–H groups in total. The van der Waals surface area contributed by atoms with Crippen LogP contribution in [0.15, 0.2) is 42.9 Å². The summed E-state index contributed by atoms with van der Waals surface area (Å²) in [6.45, 7) is 1.28. The van der Waals surface area contributed by atoms with E-state index in [-0.39, 0.29) is 5.91 Å². The lowest BCUT2D eigenvalue weighted by molar-refractivity contribution is -0.137. The molecule has 0 fully saturated rings. The van der Waals surface area contributed by atoms with Crippen molar-refractivity contribution >= 4 is 11.7 Å². The number of imidazole rings is 1. The molecule has 4 heterocycles. The number of halogens is 3. The van der Waals surface area contributed by atoms with E-state index < -0.39 is 11.7 Å². The fourth-order valence-electron chi connectivity index (χ4n) is 3.43. The molecule has 156 valence electrons. The molecule has 0 unspecified atom stereocenters. The third kappa shape index (κ3) is 3.98. The standard InChI is InChI=1S/C20H19F3N6O/c1-28-16-6-8-29(17-5-4-14(11-25-17)20(21,22)23)12-15(16)27-18(28)19(30)26-10-13-3-2-7-24-9-13/h2-5,7,9,11H,6,8,10,12H2,1H3,(H,26,30). The fraction of sp³-hybridized carbons (Fsp3) is 0.300. The first kappa shape index (κ1) is 19.9. The minimum atomic E-state index is -4.42. The Morgan fingerprint density at radius 1 is 1.23 bits per heavy atom. The van der Waals surface area contributed by atoms with Gasteiger partial charge in [0, 0.05) is 50.8 Å². The summed E-state index contributed by atoms with van der Waals surface area (Å²) < 4.78 is 40.0. The highest BCUT2D eigenvalue weighted by molar-refractivity contribution is 5.91. The summed E-state index contributed by atoms with van der Waals surface area (Å²) in [6, 6.07) is 6.04. The number of aromatic nitrogens is 4. The van der Waals surface area contributed by atoms with E-state index >= 15 is 0 Å². The van der Waals surface area contributed by atoms with E-state index in [0.29, 0.717) is 37.7 Å². The first-order valence-corrected chi connectivity index (χ1v) is 9.32. The first-order chi connectivity index (χ1) is 14.3. The smallest absolute Gasteiger partial charge is 0.350 e. The Labute approximate surface area is 170 Å². The third-order valence-electron chi connectivity index (χ3n) is 5.03. The van der Waals surface area contributed by atoms with Crippen LogP contribution >= 0.6 is 0 Å². The summed E-state index contributed by atoms with van der Waals surface area (Å²) in [5.41, 5.74) is 1.75. The number of rotatable bonds is 4. The molecule has 0 aromatic carbocycles.